The Morgan fingerprint density at radius 3 is 2.88 bits per heavy atom. The van der Waals surface area contributed by atoms with Crippen LogP contribution >= 0.6 is 0 Å². The SMILES string of the molecule is N#Cc1cc(N)ccc1NC(=O)c1ccoc1. The maximum Gasteiger partial charge on any atom is 0.258 e. The standard InChI is InChI=1S/C12H9N3O2/c13-6-9-5-10(14)1-2-11(9)15-12(16)8-3-4-17-7-8/h1-5,7H,14H2,(H,15,16). The molecule has 5 heteroatoms. The van der Waals surface area contributed by atoms with Crippen molar-refractivity contribution in [2.75, 3.05) is 11.1 Å². The van der Waals surface area contributed by atoms with Crippen LogP contribution in [0.1, 0.15) is 15.9 Å². The molecule has 0 spiro atoms. The summed E-state index contributed by atoms with van der Waals surface area (Å²) >= 11 is 0. The molecule has 0 fully saturated rings. The van der Waals surface area contributed by atoms with E-state index in [1.807, 2.05) is 6.07 Å². The van der Waals surface area contributed by atoms with Crippen molar-refractivity contribution >= 4 is 17.3 Å². The van der Waals surface area contributed by atoms with E-state index in [0.29, 0.717) is 22.5 Å². The van der Waals surface area contributed by atoms with Gasteiger partial charge in [-0.2, -0.15) is 5.26 Å². The largest absolute Gasteiger partial charge is 0.472 e. The number of anilines is 2. The van der Waals surface area contributed by atoms with Crippen molar-refractivity contribution in [3.63, 3.8) is 0 Å². The topological polar surface area (TPSA) is 92.0 Å². The molecule has 3 N–H and O–H groups in total. The molecule has 1 aromatic carbocycles. The molecular weight excluding hydrogens is 218 g/mol. The molecule has 0 radical (unpaired) electrons. The molecular formula is C12H9N3O2. The third-order valence-electron chi connectivity index (χ3n) is 2.20. The maximum atomic E-state index is 11.7. The second-order valence-electron chi connectivity index (χ2n) is 3.38. The second-order valence-corrected chi connectivity index (χ2v) is 3.38. The lowest BCUT2D eigenvalue weighted by Crippen LogP contribution is -2.12. The molecule has 0 unspecified atom stereocenters. The Kier molecular flexibility index (Phi) is 2.79. The van der Waals surface area contributed by atoms with Crippen molar-refractivity contribution in [1.29, 1.82) is 5.26 Å². The number of amides is 1. The first-order valence-corrected chi connectivity index (χ1v) is 4.84. The monoisotopic (exact) mass is 227 g/mol. The van der Waals surface area contributed by atoms with Crippen molar-refractivity contribution in [2.24, 2.45) is 0 Å². The highest BCUT2D eigenvalue weighted by molar-refractivity contribution is 6.04. The first-order valence-electron chi connectivity index (χ1n) is 4.84. The summed E-state index contributed by atoms with van der Waals surface area (Å²) in [6.07, 6.45) is 2.74. The lowest BCUT2D eigenvalue weighted by Gasteiger charge is -2.06. The average Bonchev–Trinajstić information content (AvgIpc) is 2.85. The minimum Gasteiger partial charge on any atom is -0.472 e. The molecule has 0 aliphatic rings. The normalized spacial score (nSPS) is 9.59. The molecule has 5 nitrogen and oxygen atoms in total. The zero-order valence-corrected chi connectivity index (χ0v) is 8.81. The Morgan fingerprint density at radius 1 is 1.41 bits per heavy atom. The predicted octanol–water partition coefficient (Wildman–Crippen LogP) is 1.99. The van der Waals surface area contributed by atoms with E-state index >= 15 is 0 Å². The van der Waals surface area contributed by atoms with Crippen LogP contribution in [0.2, 0.25) is 0 Å². The number of furan rings is 1. The second kappa shape index (κ2) is 4.41. The smallest absolute Gasteiger partial charge is 0.258 e. The number of nitrogens with one attached hydrogen (secondary N) is 1. The van der Waals surface area contributed by atoms with Crippen molar-refractivity contribution < 1.29 is 9.21 Å². The van der Waals surface area contributed by atoms with E-state index in [1.165, 1.54) is 18.6 Å². The summed E-state index contributed by atoms with van der Waals surface area (Å²) in [7, 11) is 0. The Labute approximate surface area is 97.5 Å². The van der Waals surface area contributed by atoms with Gasteiger partial charge in [0.05, 0.1) is 23.1 Å². The molecule has 17 heavy (non-hydrogen) atoms. The summed E-state index contributed by atoms with van der Waals surface area (Å²) in [6, 6.07) is 8.22. The Hall–Kier alpha value is -2.74. The molecule has 2 aromatic rings. The van der Waals surface area contributed by atoms with Crippen molar-refractivity contribution in [2.45, 2.75) is 0 Å². The number of carbonyl (C=O) groups excluding carboxylic acids is 1. The van der Waals surface area contributed by atoms with Crippen LogP contribution in [0.3, 0.4) is 0 Å². The first kappa shape index (κ1) is 10.8. The molecule has 0 bridgehead atoms. The summed E-state index contributed by atoms with van der Waals surface area (Å²) < 4.78 is 4.80. The van der Waals surface area contributed by atoms with Crippen LogP contribution in [0.25, 0.3) is 0 Å². The molecule has 1 amide bonds. The van der Waals surface area contributed by atoms with Crippen molar-refractivity contribution in [3.05, 3.63) is 47.9 Å². The van der Waals surface area contributed by atoms with Crippen LogP contribution in [0.15, 0.2) is 41.2 Å². The predicted molar refractivity (Wildman–Crippen MR) is 62.2 cm³/mol. The lowest BCUT2D eigenvalue weighted by atomic mass is 10.1. The van der Waals surface area contributed by atoms with Gasteiger partial charge in [0, 0.05) is 5.69 Å². The fraction of sp³-hybridized carbons (Fsp3) is 0. The van der Waals surface area contributed by atoms with Gasteiger partial charge in [0.1, 0.15) is 12.3 Å². The van der Waals surface area contributed by atoms with Gasteiger partial charge in [-0.25, -0.2) is 0 Å². The van der Waals surface area contributed by atoms with Crippen LogP contribution in [0.4, 0.5) is 11.4 Å². The number of nitrogen functional groups attached to an aromatic ring is 1. The minimum absolute atomic E-state index is 0.321. The highest BCUT2D eigenvalue weighted by Crippen LogP contribution is 2.18. The van der Waals surface area contributed by atoms with E-state index in [0.717, 1.165) is 0 Å². The number of nitriles is 1. The Balaban J connectivity index is 2.25. The van der Waals surface area contributed by atoms with Gasteiger partial charge in [-0.1, -0.05) is 0 Å². The van der Waals surface area contributed by atoms with E-state index in [-0.39, 0.29) is 5.91 Å². The highest BCUT2D eigenvalue weighted by Gasteiger charge is 2.10. The molecule has 2 rings (SSSR count). The van der Waals surface area contributed by atoms with Gasteiger partial charge in [-0.15, -0.1) is 0 Å². The van der Waals surface area contributed by atoms with Gasteiger partial charge in [-0.05, 0) is 24.3 Å². The van der Waals surface area contributed by atoms with Crippen LogP contribution in [-0.2, 0) is 0 Å². The quantitative estimate of drug-likeness (QED) is 0.767. The summed E-state index contributed by atoms with van der Waals surface area (Å²) in [6.45, 7) is 0. The zero-order valence-electron chi connectivity index (χ0n) is 8.81. The van der Waals surface area contributed by atoms with Crippen molar-refractivity contribution in [3.8, 4) is 6.07 Å². The number of carbonyl (C=O) groups is 1. The summed E-state index contributed by atoms with van der Waals surface area (Å²) in [5.74, 6) is -0.333. The minimum atomic E-state index is -0.333. The number of rotatable bonds is 2. The summed E-state index contributed by atoms with van der Waals surface area (Å²) in [4.78, 5) is 11.7. The number of nitrogens with zero attached hydrogens (tertiary/aromatic N) is 1. The molecule has 0 aliphatic carbocycles. The number of benzene rings is 1. The van der Waals surface area contributed by atoms with Gasteiger partial charge >= 0.3 is 0 Å². The summed E-state index contributed by atoms with van der Waals surface area (Å²) in [5, 5.41) is 11.5. The van der Waals surface area contributed by atoms with Gasteiger partial charge in [-0.3, -0.25) is 4.79 Å². The number of nitrogens with two attached hydrogens (primary N) is 1. The van der Waals surface area contributed by atoms with Crippen molar-refractivity contribution in [1.82, 2.24) is 0 Å². The van der Waals surface area contributed by atoms with E-state index in [2.05, 4.69) is 5.32 Å². The highest BCUT2D eigenvalue weighted by atomic mass is 16.3. The van der Waals surface area contributed by atoms with Crippen LogP contribution in [0.5, 0.6) is 0 Å². The van der Waals surface area contributed by atoms with E-state index in [4.69, 9.17) is 15.4 Å². The summed E-state index contributed by atoms with van der Waals surface area (Å²) in [5.41, 5.74) is 7.16. The molecule has 0 saturated heterocycles. The zero-order chi connectivity index (χ0) is 12.3. The molecule has 1 aromatic heterocycles. The molecule has 1 heterocycles. The molecule has 0 aliphatic heterocycles. The average molecular weight is 227 g/mol. The molecule has 0 atom stereocenters. The maximum absolute atomic E-state index is 11.7. The third-order valence-corrected chi connectivity index (χ3v) is 2.20. The van der Waals surface area contributed by atoms with Crippen LogP contribution < -0.4 is 11.1 Å². The van der Waals surface area contributed by atoms with Gasteiger partial charge in [0.25, 0.3) is 5.91 Å². The number of hydrogen-bond donors (Lipinski definition) is 2. The van der Waals surface area contributed by atoms with Gasteiger partial charge in [0.2, 0.25) is 0 Å². The lowest BCUT2D eigenvalue weighted by molar-refractivity contribution is 0.102. The number of hydrogen-bond acceptors (Lipinski definition) is 4. The fourth-order valence-corrected chi connectivity index (χ4v) is 1.35. The Morgan fingerprint density at radius 2 is 2.24 bits per heavy atom. The van der Waals surface area contributed by atoms with Crippen LogP contribution in [-0.4, -0.2) is 5.91 Å². The molecule has 84 valence electrons. The van der Waals surface area contributed by atoms with E-state index < -0.39 is 0 Å². The third kappa shape index (κ3) is 2.26. The van der Waals surface area contributed by atoms with E-state index in [1.54, 1.807) is 18.2 Å². The van der Waals surface area contributed by atoms with E-state index in [9.17, 15) is 4.79 Å². The molecule has 0 saturated carbocycles. The van der Waals surface area contributed by atoms with Gasteiger partial charge in [0.15, 0.2) is 0 Å². The Bertz CT molecular complexity index is 582. The van der Waals surface area contributed by atoms with Gasteiger partial charge < -0.3 is 15.5 Å². The van der Waals surface area contributed by atoms with Crippen LogP contribution in [0, 0.1) is 11.3 Å². The fourth-order valence-electron chi connectivity index (χ4n) is 1.35. The first-order chi connectivity index (χ1) is 8.20.